The van der Waals surface area contributed by atoms with Crippen LogP contribution in [-0.4, -0.2) is 91.7 Å². The van der Waals surface area contributed by atoms with Crippen molar-refractivity contribution in [2.45, 2.75) is 51.6 Å². The van der Waals surface area contributed by atoms with Gasteiger partial charge in [-0.25, -0.2) is 0 Å². The second-order valence-corrected chi connectivity index (χ2v) is 8.24. The zero-order valence-electron chi connectivity index (χ0n) is 16.1. The van der Waals surface area contributed by atoms with E-state index in [9.17, 15) is 4.79 Å². The lowest BCUT2D eigenvalue weighted by Gasteiger charge is -2.42. The van der Waals surface area contributed by atoms with Crippen molar-refractivity contribution in [3.8, 4) is 0 Å². The molecule has 0 aromatic heterocycles. The highest BCUT2D eigenvalue weighted by molar-refractivity contribution is 5.83. The standard InChI is InChI=1S/C19H36N4O2/c1-16-3-4-17(2)23(16)12-9-21-7-10-22(11-8-21)18(24)19(15-20)5-13-25-14-6-19/h16-17H,3-15,20H2,1-2H3. The highest BCUT2D eigenvalue weighted by Gasteiger charge is 2.42. The average Bonchev–Trinajstić information content (AvgIpc) is 2.98. The molecular weight excluding hydrogens is 316 g/mol. The topological polar surface area (TPSA) is 62.0 Å². The summed E-state index contributed by atoms with van der Waals surface area (Å²) in [7, 11) is 0. The Morgan fingerprint density at radius 1 is 1.04 bits per heavy atom. The lowest BCUT2D eigenvalue weighted by Crippen LogP contribution is -2.57. The van der Waals surface area contributed by atoms with Crippen LogP contribution in [0.2, 0.25) is 0 Å². The van der Waals surface area contributed by atoms with Crippen LogP contribution in [0.3, 0.4) is 0 Å². The monoisotopic (exact) mass is 352 g/mol. The van der Waals surface area contributed by atoms with Gasteiger partial charge < -0.3 is 15.4 Å². The Hall–Kier alpha value is -0.690. The molecule has 2 N–H and O–H groups in total. The molecule has 25 heavy (non-hydrogen) atoms. The molecule has 0 aliphatic carbocycles. The summed E-state index contributed by atoms with van der Waals surface area (Å²) in [6.07, 6.45) is 4.20. The minimum atomic E-state index is -0.374. The van der Waals surface area contributed by atoms with Gasteiger partial charge in [-0.2, -0.15) is 0 Å². The third-order valence-corrected chi connectivity index (χ3v) is 6.76. The van der Waals surface area contributed by atoms with Gasteiger partial charge >= 0.3 is 0 Å². The molecule has 6 nitrogen and oxygen atoms in total. The van der Waals surface area contributed by atoms with E-state index in [1.54, 1.807) is 0 Å². The summed E-state index contributed by atoms with van der Waals surface area (Å²) in [6.45, 7) is 12.4. The van der Waals surface area contributed by atoms with Gasteiger partial charge in [0.05, 0.1) is 5.41 Å². The van der Waals surface area contributed by atoms with E-state index in [1.165, 1.54) is 12.8 Å². The van der Waals surface area contributed by atoms with E-state index in [2.05, 4.69) is 28.5 Å². The SMILES string of the molecule is CC1CCC(C)N1CCN1CCN(C(=O)C2(CN)CCOCC2)CC1. The minimum absolute atomic E-state index is 0.264. The van der Waals surface area contributed by atoms with E-state index in [1.807, 2.05) is 0 Å². The maximum atomic E-state index is 13.0. The number of carbonyl (C=O) groups excluding carboxylic acids is 1. The van der Waals surface area contributed by atoms with Crippen LogP contribution in [0.4, 0.5) is 0 Å². The summed E-state index contributed by atoms with van der Waals surface area (Å²) >= 11 is 0. The van der Waals surface area contributed by atoms with Crippen molar-refractivity contribution in [1.82, 2.24) is 14.7 Å². The van der Waals surface area contributed by atoms with E-state index in [4.69, 9.17) is 10.5 Å². The molecule has 3 saturated heterocycles. The number of amides is 1. The van der Waals surface area contributed by atoms with Gasteiger partial charge in [0.1, 0.15) is 0 Å². The van der Waals surface area contributed by atoms with Crippen molar-refractivity contribution in [2.24, 2.45) is 11.1 Å². The van der Waals surface area contributed by atoms with Gasteiger partial charge in [0.2, 0.25) is 5.91 Å². The fourth-order valence-electron chi connectivity index (χ4n) is 4.72. The van der Waals surface area contributed by atoms with Crippen LogP contribution in [0.1, 0.15) is 39.5 Å². The number of likely N-dealkylation sites (tertiary alicyclic amines) is 1. The van der Waals surface area contributed by atoms with Gasteiger partial charge in [-0.1, -0.05) is 0 Å². The zero-order valence-corrected chi connectivity index (χ0v) is 16.1. The van der Waals surface area contributed by atoms with Crippen molar-refractivity contribution in [3.05, 3.63) is 0 Å². The van der Waals surface area contributed by atoms with E-state index >= 15 is 0 Å². The van der Waals surface area contributed by atoms with Crippen molar-refractivity contribution in [2.75, 3.05) is 59.0 Å². The lowest BCUT2D eigenvalue weighted by molar-refractivity contribution is -0.149. The van der Waals surface area contributed by atoms with E-state index in [0.717, 1.165) is 64.2 Å². The molecule has 0 aromatic carbocycles. The number of hydrogen-bond acceptors (Lipinski definition) is 5. The molecule has 0 aromatic rings. The third kappa shape index (κ3) is 4.18. The Bertz CT molecular complexity index is 435. The first-order valence-electron chi connectivity index (χ1n) is 10.1. The molecule has 3 aliphatic rings. The van der Waals surface area contributed by atoms with Crippen molar-refractivity contribution in [3.63, 3.8) is 0 Å². The Morgan fingerprint density at radius 2 is 1.64 bits per heavy atom. The quantitative estimate of drug-likeness (QED) is 0.791. The summed E-state index contributed by atoms with van der Waals surface area (Å²) in [4.78, 5) is 20.2. The van der Waals surface area contributed by atoms with Crippen LogP contribution in [0, 0.1) is 5.41 Å². The number of nitrogens with two attached hydrogens (primary N) is 1. The minimum Gasteiger partial charge on any atom is -0.381 e. The molecule has 2 unspecified atom stereocenters. The van der Waals surface area contributed by atoms with Crippen LogP contribution in [-0.2, 0) is 9.53 Å². The number of nitrogens with zero attached hydrogens (tertiary/aromatic N) is 3. The van der Waals surface area contributed by atoms with Gasteiger partial charge in [0.25, 0.3) is 0 Å². The van der Waals surface area contributed by atoms with Crippen LogP contribution >= 0.6 is 0 Å². The fourth-order valence-corrected chi connectivity index (χ4v) is 4.72. The van der Waals surface area contributed by atoms with Crippen molar-refractivity contribution in [1.29, 1.82) is 0 Å². The van der Waals surface area contributed by atoms with Crippen molar-refractivity contribution < 1.29 is 9.53 Å². The van der Waals surface area contributed by atoms with E-state index in [-0.39, 0.29) is 11.3 Å². The largest absolute Gasteiger partial charge is 0.381 e. The molecule has 144 valence electrons. The van der Waals surface area contributed by atoms with E-state index < -0.39 is 0 Å². The summed E-state index contributed by atoms with van der Waals surface area (Å²) < 4.78 is 5.44. The summed E-state index contributed by atoms with van der Waals surface area (Å²) in [6, 6.07) is 1.44. The van der Waals surface area contributed by atoms with Gasteiger partial charge in [-0.15, -0.1) is 0 Å². The van der Waals surface area contributed by atoms with Crippen LogP contribution in [0.15, 0.2) is 0 Å². The lowest BCUT2D eigenvalue weighted by atomic mass is 9.78. The summed E-state index contributed by atoms with van der Waals surface area (Å²) in [5, 5.41) is 0. The van der Waals surface area contributed by atoms with Gasteiger partial charge in [-0.05, 0) is 39.5 Å². The number of ether oxygens (including phenoxy) is 1. The van der Waals surface area contributed by atoms with Gasteiger partial charge in [0, 0.05) is 71.1 Å². The molecule has 0 spiro atoms. The number of rotatable bonds is 5. The molecule has 3 heterocycles. The molecule has 1 amide bonds. The maximum Gasteiger partial charge on any atom is 0.230 e. The normalized spacial score (nSPS) is 31.4. The molecule has 3 rings (SSSR count). The van der Waals surface area contributed by atoms with Crippen LogP contribution in [0.5, 0.6) is 0 Å². The second kappa shape index (κ2) is 8.33. The average molecular weight is 353 g/mol. The zero-order chi connectivity index (χ0) is 17.9. The van der Waals surface area contributed by atoms with Crippen LogP contribution < -0.4 is 5.73 Å². The summed E-state index contributed by atoms with van der Waals surface area (Å²) in [5.41, 5.74) is 5.62. The predicted octanol–water partition coefficient (Wildman–Crippen LogP) is 0.759. The predicted molar refractivity (Wildman–Crippen MR) is 99.4 cm³/mol. The maximum absolute atomic E-state index is 13.0. The first kappa shape index (κ1) is 19.1. The summed E-state index contributed by atoms with van der Waals surface area (Å²) in [5.74, 6) is 0.264. The highest BCUT2D eigenvalue weighted by Crippen LogP contribution is 2.32. The van der Waals surface area contributed by atoms with Gasteiger partial charge in [0.15, 0.2) is 0 Å². The molecule has 0 radical (unpaired) electrons. The molecule has 3 fully saturated rings. The second-order valence-electron chi connectivity index (χ2n) is 8.24. The number of hydrogen-bond donors (Lipinski definition) is 1. The molecule has 6 heteroatoms. The fraction of sp³-hybridized carbons (Fsp3) is 0.947. The molecule has 2 atom stereocenters. The Morgan fingerprint density at radius 3 is 2.20 bits per heavy atom. The Kier molecular flexibility index (Phi) is 6.36. The highest BCUT2D eigenvalue weighted by atomic mass is 16.5. The molecular formula is C19H36N4O2. The van der Waals surface area contributed by atoms with Gasteiger partial charge in [-0.3, -0.25) is 14.6 Å². The van der Waals surface area contributed by atoms with Crippen molar-refractivity contribution >= 4 is 5.91 Å². The molecule has 0 saturated carbocycles. The number of carbonyl (C=O) groups is 1. The Balaban J connectivity index is 1.46. The Labute approximate surface area is 152 Å². The smallest absolute Gasteiger partial charge is 0.230 e. The first-order valence-corrected chi connectivity index (χ1v) is 10.1. The van der Waals surface area contributed by atoms with Crippen LogP contribution in [0.25, 0.3) is 0 Å². The molecule has 0 bridgehead atoms. The third-order valence-electron chi connectivity index (χ3n) is 6.76. The first-order chi connectivity index (χ1) is 12.1. The number of piperazine rings is 1. The molecule has 3 aliphatic heterocycles. The van der Waals surface area contributed by atoms with E-state index in [0.29, 0.717) is 19.8 Å².